The third kappa shape index (κ3) is 1.85. The van der Waals surface area contributed by atoms with Crippen LogP contribution in [-0.2, 0) is 15.9 Å². The summed E-state index contributed by atoms with van der Waals surface area (Å²) in [6.45, 7) is 0.986. The molecular formula is C13H15NO2. The molecule has 1 aromatic rings. The molecule has 2 aliphatic heterocycles. The molecule has 0 saturated heterocycles. The van der Waals surface area contributed by atoms with E-state index < -0.39 is 0 Å². The molecule has 0 amide bonds. The van der Waals surface area contributed by atoms with Gasteiger partial charge in [-0.3, -0.25) is 0 Å². The van der Waals surface area contributed by atoms with E-state index >= 15 is 0 Å². The molecule has 0 radical (unpaired) electrons. The predicted octanol–water partition coefficient (Wildman–Crippen LogP) is 2.15. The minimum absolute atomic E-state index is 0.155. The van der Waals surface area contributed by atoms with Crippen molar-refractivity contribution in [2.24, 2.45) is 0 Å². The molecule has 0 bridgehead atoms. The Kier molecular flexibility index (Phi) is 2.44. The zero-order valence-corrected chi connectivity index (χ0v) is 9.11. The van der Waals surface area contributed by atoms with Crippen LogP contribution in [0.15, 0.2) is 42.0 Å². The number of allylic oxidation sites excluding steroid dienone is 1. The molecule has 3 heteroatoms. The van der Waals surface area contributed by atoms with Gasteiger partial charge in [-0.15, -0.1) is 0 Å². The molecule has 2 heterocycles. The fourth-order valence-electron chi connectivity index (χ4n) is 2.09. The van der Waals surface area contributed by atoms with Gasteiger partial charge in [0.05, 0.1) is 0 Å². The second kappa shape index (κ2) is 4.08. The molecule has 0 saturated carbocycles. The lowest BCUT2D eigenvalue weighted by Crippen LogP contribution is -2.21. The molecule has 0 fully saturated rings. The Balaban J connectivity index is 1.64. The number of hydrogen-bond acceptors (Lipinski definition) is 3. The van der Waals surface area contributed by atoms with E-state index in [9.17, 15) is 0 Å². The van der Waals surface area contributed by atoms with E-state index in [2.05, 4.69) is 17.4 Å². The van der Waals surface area contributed by atoms with Crippen molar-refractivity contribution in [2.45, 2.75) is 25.6 Å². The molecule has 1 N–H and O–H groups in total. The van der Waals surface area contributed by atoms with Gasteiger partial charge in [0, 0.05) is 19.4 Å². The van der Waals surface area contributed by atoms with Crippen molar-refractivity contribution in [1.29, 1.82) is 0 Å². The maximum absolute atomic E-state index is 5.76. The van der Waals surface area contributed by atoms with Crippen molar-refractivity contribution in [3.63, 3.8) is 0 Å². The van der Waals surface area contributed by atoms with Crippen molar-refractivity contribution < 1.29 is 9.47 Å². The lowest BCUT2D eigenvalue weighted by molar-refractivity contribution is -0.0403. The standard InChI is InChI=1S/C13H15NO2/c1-2-5-10(6-3-1)9-12-15-11-7-4-8-14-13(11)16-12/h1-3,5-6,12,14H,4,7-9H2. The Morgan fingerprint density at radius 2 is 2.06 bits per heavy atom. The van der Waals surface area contributed by atoms with Crippen molar-refractivity contribution in [3.05, 3.63) is 47.5 Å². The van der Waals surface area contributed by atoms with Gasteiger partial charge >= 0.3 is 0 Å². The highest BCUT2D eigenvalue weighted by Crippen LogP contribution is 2.28. The Bertz CT molecular complexity index is 382. The van der Waals surface area contributed by atoms with Crippen LogP contribution in [0.1, 0.15) is 18.4 Å². The topological polar surface area (TPSA) is 30.5 Å². The lowest BCUT2D eigenvalue weighted by atomic mass is 10.1. The maximum Gasteiger partial charge on any atom is 0.246 e. The van der Waals surface area contributed by atoms with E-state index in [1.54, 1.807) is 0 Å². The molecule has 1 aromatic carbocycles. The normalized spacial score (nSPS) is 23.1. The molecule has 1 unspecified atom stereocenters. The summed E-state index contributed by atoms with van der Waals surface area (Å²) >= 11 is 0. The molecular weight excluding hydrogens is 202 g/mol. The summed E-state index contributed by atoms with van der Waals surface area (Å²) in [5.41, 5.74) is 1.24. The average molecular weight is 217 g/mol. The molecule has 0 aromatic heterocycles. The van der Waals surface area contributed by atoms with Crippen molar-refractivity contribution in [2.75, 3.05) is 6.54 Å². The van der Waals surface area contributed by atoms with Crippen LogP contribution in [0.4, 0.5) is 0 Å². The van der Waals surface area contributed by atoms with E-state index in [1.165, 1.54) is 5.56 Å². The lowest BCUT2D eigenvalue weighted by Gasteiger charge is -2.12. The Morgan fingerprint density at radius 1 is 1.19 bits per heavy atom. The van der Waals surface area contributed by atoms with Crippen molar-refractivity contribution in [1.82, 2.24) is 5.32 Å². The van der Waals surface area contributed by atoms with Crippen LogP contribution in [0, 0.1) is 0 Å². The van der Waals surface area contributed by atoms with Gasteiger partial charge in [-0.1, -0.05) is 30.3 Å². The second-order valence-electron chi connectivity index (χ2n) is 4.14. The zero-order valence-electron chi connectivity index (χ0n) is 9.11. The SMILES string of the molecule is c1ccc(CC2OC3=C(NCCC3)O2)cc1. The monoisotopic (exact) mass is 217 g/mol. The third-order valence-electron chi connectivity index (χ3n) is 2.89. The Labute approximate surface area is 95.1 Å². The molecule has 2 aliphatic rings. The zero-order chi connectivity index (χ0) is 10.8. The number of ether oxygens (including phenoxy) is 2. The van der Waals surface area contributed by atoms with Crippen LogP contribution >= 0.6 is 0 Å². The van der Waals surface area contributed by atoms with Crippen LogP contribution < -0.4 is 5.32 Å². The van der Waals surface area contributed by atoms with E-state index in [1.807, 2.05) is 18.2 Å². The fraction of sp³-hybridized carbons (Fsp3) is 0.385. The fourth-order valence-corrected chi connectivity index (χ4v) is 2.09. The Hall–Kier alpha value is -1.64. The molecule has 16 heavy (non-hydrogen) atoms. The number of nitrogens with one attached hydrogen (secondary N) is 1. The first-order valence-electron chi connectivity index (χ1n) is 5.76. The summed E-state index contributed by atoms with van der Waals surface area (Å²) in [7, 11) is 0. The summed E-state index contributed by atoms with van der Waals surface area (Å²) < 4.78 is 11.5. The summed E-state index contributed by atoms with van der Waals surface area (Å²) in [6.07, 6.45) is 2.77. The van der Waals surface area contributed by atoms with E-state index in [0.717, 1.165) is 37.4 Å². The molecule has 84 valence electrons. The molecule has 1 atom stereocenters. The summed E-state index contributed by atoms with van der Waals surface area (Å²) in [5.74, 6) is 1.85. The van der Waals surface area contributed by atoms with Gasteiger partial charge in [0.25, 0.3) is 0 Å². The van der Waals surface area contributed by atoms with Gasteiger partial charge < -0.3 is 14.8 Å². The van der Waals surface area contributed by atoms with Gasteiger partial charge in [-0.25, -0.2) is 0 Å². The summed E-state index contributed by atoms with van der Waals surface area (Å²) in [5, 5.41) is 3.23. The van der Waals surface area contributed by atoms with Crippen LogP contribution in [0.3, 0.4) is 0 Å². The molecule has 3 nitrogen and oxygen atoms in total. The first-order chi connectivity index (χ1) is 7.92. The second-order valence-corrected chi connectivity index (χ2v) is 4.14. The third-order valence-corrected chi connectivity index (χ3v) is 2.89. The minimum atomic E-state index is -0.155. The number of hydrogen-bond donors (Lipinski definition) is 1. The van der Waals surface area contributed by atoms with Crippen LogP contribution in [-0.4, -0.2) is 12.8 Å². The van der Waals surface area contributed by atoms with Crippen LogP contribution in [0.25, 0.3) is 0 Å². The van der Waals surface area contributed by atoms with Gasteiger partial charge in [0.15, 0.2) is 5.76 Å². The van der Waals surface area contributed by atoms with E-state index in [-0.39, 0.29) is 6.29 Å². The predicted molar refractivity (Wildman–Crippen MR) is 60.4 cm³/mol. The first-order valence-corrected chi connectivity index (χ1v) is 5.76. The van der Waals surface area contributed by atoms with Crippen molar-refractivity contribution in [3.8, 4) is 0 Å². The largest absolute Gasteiger partial charge is 0.453 e. The van der Waals surface area contributed by atoms with Crippen molar-refractivity contribution >= 4 is 0 Å². The van der Waals surface area contributed by atoms with E-state index in [0.29, 0.717) is 0 Å². The minimum Gasteiger partial charge on any atom is -0.453 e. The highest BCUT2D eigenvalue weighted by atomic mass is 16.7. The summed E-state index contributed by atoms with van der Waals surface area (Å²) in [6, 6.07) is 10.3. The Morgan fingerprint density at radius 3 is 2.88 bits per heavy atom. The average Bonchev–Trinajstić information content (AvgIpc) is 2.72. The smallest absolute Gasteiger partial charge is 0.246 e. The number of benzene rings is 1. The van der Waals surface area contributed by atoms with E-state index in [4.69, 9.17) is 9.47 Å². The van der Waals surface area contributed by atoms with Gasteiger partial charge in [0.1, 0.15) is 0 Å². The van der Waals surface area contributed by atoms with Gasteiger partial charge in [-0.05, 0) is 12.0 Å². The molecule has 3 rings (SSSR count). The van der Waals surface area contributed by atoms with Gasteiger partial charge in [-0.2, -0.15) is 0 Å². The highest BCUT2D eigenvalue weighted by molar-refractivity contribution is 5.16. The first kappa shape index (κ1) is 9.58. The molecule has 0 spiro atoms. The summed E-state index contributed by atoms with van der Waals surface area (Å²) in [4.78, 5) is 0. The van der Waals surface area contributed by atoms with Crippen LogP contribution in [0.2, 0.25) is 0 Å². The quantitative estimate of drug-likeness (QED) is 0.823. The molecule has 0 aliphatic carbocycles. The maximum atomic E-state index is 5.76. The van der Waals surface area contributed by atoms with Crippen LogP contribution in [0.5, 0.6) is 0 Å². The number of rotatable bonds is 2. The van der Waals surface area contributed by atoms with Gasteiger partial charge in [0.2, 0.25) is 12.2 Å². The highest BCUT2D eigenvalue weighted by Gasteiger charge is 2.28.